The van der Waals surface area contributed by atoms with Crippen molar-refractivity contribution in [1.29, 1.82) is 0 Å². The zero-order valence-electron chi connectivity index (χ0n) is 18.1. The van der Waals surface area contributed by atoms with Gasteiger partial charge in [-0.1, -0.05) is 76.9 Å². The van der Waals surface area contributed by atoms with Crippen LogP contribution in [0.5, 0.6) is 11.8 Å². The summed E-state index contributed by atoms with van der Waals surface area (Å²) in [5, 5.41) is 21.4. The van der Waals surface area contributed by atoms with E-state index in [-0.39, 0.29) is 11.8 Å². The molecule has 0 atom stereocenters. The zero-order chi connectivity index (χ0) is 21.2. The molecule has 0 radical (unpaired) electrons. The van der Waals surface area contributed by atoms with Crippen LogP contribution in [0.25, 0.3) is 0 Å². The summed E-state index contributed by atoms with van der Waals surface area (Å²) in [6, 6.07) is 2.49. The minimum Gasteiger partial charge on any atom is -0.492 e. The second-order valence-corrected chi connectivity index (χ2v) is 7.59. The number of carbonyl (C=O) groups excluding carboxylic acids is 1. The Bertz CT molecular complexity index is 550. The topological polar surface area (TPSA) is 83.7 Å². The highest BCUT2D eigenvalue weighted by Crippen LogP contribution is 2.18. The molecule has 6 nitrogen and oxygen atoms in total. The molecule has 3 N–H and O–H groups in total. The van der Waals surface area contributed by atoms with E-state index in [1.807, 2.05) is 0 Å². The molecular formula is C23H40N2O4. The largest absolute Gasteiger partial charge is 0.492 e. The van der Waals surface area contributed by atoms with Crippen molar-refractivity contribution in [3.05, 3.63) is 24.3 Å². The number of nitrogens with one attached hydrogen (secondary N) is 1. The maximum atomic E-state index is 11.6. The number of nitrogens with zero attached hydrogens (tertiary/aromatic N) is 1. The second-order valence-electron chi connectivity index (χ2n) is 7.59. The minimum atomic E-state index is -0.695. The zero-order valence-corrected chi connectivity index (χ0v) is 18.1. The first-order valence-electron chi connectivity index (χ1n) is 11.4. The summed E-state index contributed by atoms with van der Waals surface area (Å²) in [6.07, 6.45) is 21.4. The smallest absolute Gasteiger partial charge is 0.432 e. The Morgan fingerprint density at radius 2 is 1.34 bits per heavy atom. The molecule has 29 heavy (non-hydrogen) atoms. The van der Waals surface area contributed by atoms with Crippen LogP contribution in [-0.2, 0) is 0 Å². The third-order valence-electron chi connectivity index (χ3n) is 4.93. The fourth-order valence-electron chi connectivity index (χ4n) is 3.17. The van der Waals surface area contributed by atoms with Gasteiger partial charge in [0.25, 0.3) is 0 Å². The van der Waals surface area contributed by atoms with E-state index in [1.54, 1.807) is 0 Å². The van der Waals surface area contributed by atoms with Crippen molar-refractivity contribution in [3.63, 3.8) is 0 Å². The van der Waals surface area contributed by atoms with Crippen molar-refractivity contribution < 1.29 is 19.8 Å². The van der Waals surface area contributed by atoms with Gasteiger partial charge in [-0.25, -0.2) is 4.79 Å². The number of unbranched alkanes of at least 4 members (excludes halogenated alkanes) is 12. The Balaban J connectivity index is 1.84. The van der Waals surface area contributed by atoms with Crippen LogP contribution in [0.4, 0.5) is 4.79 Å². The van der Waals surface area contributed by atoms with Gasteiger partial charge >= 0.3 is 6.09 Å². The van der Waals surface area contributed by atoms with Gasteiger partial charge < -0.3 is 20.4 Å². The van der Waals surface area contributed by atoms with E-state index in [0.717, 1.165) is 19.3 Å². The molecule has 0 aromatic carbocycles. The van der Waals surface area contributed by atoms with Gasteiger partial charge in [-0.15, -0.1) is 4.73 Å². The monoisotopic (exact) mass is 408 g/mol. The highest BCUT2D eigenvalue weighted by Gasteiger charge is 2.11. The lowest BCUT2D eigenvalue weighted by Gasteiger charge is -2.08. The van der Waals surface area contributed by atoms with E-state index in [0.29, 0.717) is 11.3 Å². The van der Waals surface area contributed by atoms with Gasteiger partial charge in [-0.3, -0.25) is 0 Å². The molecule has 0 spiro atoms. The van der Waals surface area contributed by atoms with Crippen molar-refractivity contribution >= 4 is 6.09 Å². The van der Waals surface area contributed by atoms with Gasteiger partial charge in [0.15, 0.2) is 0 Å². The summed E-state index contributed by atoms with van der Waals surface area (Å²) in [6.45, 7) is 2.77. The first kappa shape index (κ1) is 24.9. The number of aromatic nitrogens is 1. The molecule has 0 saturated heterocycles. The normalized spacial score (nSPS) is 11.2. The van der Waals surface area contributed by atoms with Crippen LogP contribution in [0, 0.1) is 0 Å². The Labute approximate surface area is 175 Å². The van der Waals surface area contributed by atoms with E-state index in [2.05, 4.69) is 24.4 Å². The highest BCUT2D eigenvalue weighted by atomic mass is 16.7. The van der Waals surface area contributed by atoms with Crippen molar-refractivity contribution in [2.75, 3.05) is 6.54 Å². The fourth-order valence-corrected chi connectivity index (χ4v) is 3.17. The minimum absolute atomic E-state index is 0.324. The molecular weight excluding hydrogens is 368 g/mol. The van der Waals surface area contributed by atoms with Gasteiger partial charge in [-0.2, -0.15) is 0 Å². The quantitative estimate of drug-likeness (QED) is 0.216. The molecule has 166 valence electrons. The van der Waals surface area contributed by atoms with Crippen LogP contribution >= 0.6 is 0 Å². The SMILES string of the molecule is CCCCCCCCC=CCCCCCCCCNC(=O)On1c(O)ccc1O. The van der Waals surface area contributed by atoms with Crippen molar-refractivity contribution in [2.24, 2.45) is 0 Å². The van der Waals surface area contributed by atoms with Crippen LogP contribution in [0.1, 0.15) is 96.8 Å². The summed E-state index contributed by atoms with van der Waals surface area (Å²) >= 11 is 0. The number of allylic oxidation sites excluding steroid dienone is 2. The number of hydrogen-bond acceptors (Lipinski definition) is 4. The number of carbonyl (C=O) groups is 1. The fraction of sp³-hybridized carbons (Fsp3) is 0.696. The molecule has 1 rings (SSSR count). The van der Waals surface area contributed by atoms with Crippen molar-refractivity contribution in [1.82, 2.24) is 10.0 Å². The number of rotatable bonds is 17. The Morgan fingerprint density at radius 1 is 0.862 bits per heavy atom. The lowest BCUT2D eigenvalue weighted by atomic mass is 10.1. The standard InChI is InChI=1S/C23H40N2O4/c1-2-3-4-5-6-7-8-9-10-11-12-13-14-15-16-17-20-24-23(28)29-25-21(26)18-19-22(25)27/h9-10,18-19,26-27H,2-8,11-17,20H2,1H3,(H,24,28). The molecule has 0 saturated carbocycles. The van der Waals surface area contributed by atoms with Crippen LogP contribution < -0.4 is 10.2 Å². The Kier molecular flexibility index (Phi) is 14.4. The summed E-state index contributed by atoms with van der Waals surface area (Å²) in [4.78, 5) is 16.4. The number of amides is 1. The third-order valence-corrected chi connectivity index (χ3v) is 4.93. The van der Waals surface area contributed by atoms with Gasteiger partial charge in [0, 0.05) is 18.7 Å². The summed E-state index contributed by atoms with van der Waals surface area (Å²) in [5.41, 5.74) is 0. The van der Waals surface area contributed by atoms with E-state index in [9.17, 15) is 15.0 Å². The van der Waals surface area contributed by atoms with Gasteiger partial charge in [0.05, 0.1) is 0 Å². The predicted molar refractivity (Wildman–Crippen MR) is 117 cm³/mol. The van der Waals surface area contributed by atoms with Crippen LogP contribution in [-0.4, -0.2) is 27.6 Å². The summed E-state index contributed by atoms with van der Waals surface area (Å²) in [7, 11) is 0. The van der Waals surface area contributed by atoms with Crippen molar-refractivity contribution in [2.45, 2.75) is 96.8 Å². The van der Waals surface area contributed by atoms with Gasteiger partial charge in [0.1, 0.15) is 0 Å². The number of aromatic hydroxyl groups is 2. The first-order chi connectivity index (χ1) is 14.1. The molecule has 0 bridgehead atoms. The molecule has 1 aromatic heterocycles. The maximum Gasteiger partial charge on any atom is 0.432 e. The van der Waals surface area contributed by atoms with Gasteiger partial charge in [0.2, 0.25) is 11.8 Å². The van der Waals surface area contributed by atoms with E-state index >= 15 is 0 Å². The Hall–Kier alpha value is -2.11. The van der Waals surface area contributed by atoms with Crippen molar-refractivity contribution in [3.8, 4) is 11.8 Å². The van der Waals surface area contributed by atoms with E-state index in [4.69, 9.17) is 4.84 Å². The Morgan fingerprint density at radius 3 is 1.90 bits per heavy atom. The number of hydrogen-bond donors (Lipinski definition) is 3. The molecule has 1 heterocycles. The average molecular weight is 409 g/mol. The molecule has 6 heteroatoms. The van der Waals surface area contributed by atoms with Crippen LogP contribution in [0.2, 0.25) is 0 Å². The molecule has 0 fully saturated rings. The summed E-state index contributed by atoms with van der Waals surface area (Å²) in [5.74, 6) is -0.648. The lowest BCUT2D eigenvalue weighted by Crippen LogP contribution is -2.32. The summed E-state index contributed by atoms with van der Waals surface area (Å²) < 4.78 is 0.678. The van der Waals surface area contributed by atoms with Gasteiger partial charge in [-0.05, 0) is 32.1 Å². The predicted octanol–water partition coefficient (Wildman–Crippen LogP) is 6.08. The molecule has 1 amide bonds. The first-order valence-corrected chi connectivity index (χ1v) is 11.4. The van der Waals surface area contributed by atoms with Crippen LogP contribution in [0.15, 0.2) is 24.3 Å². The maximum absolute atomic E-state index is 11.6. The molecule has 0 aliphatic rings. The van der Waals surface area contributed by atoms with Crippen LogP contribution in [0.3, 0.4) is 0 Å². The second kappa shape index (κ2) is 16.8. The third kappa shape index (κ3) is 12.9. The average Bonchev–Trinajstić information content (AvgIpc) is 3.02. The molecule has 1 aromatic rings. The lowest BCUT2D eigenvalue weighted by molar-refractivity contribution is 0.108. The van der Waals surface area contributed by atoms with E-state index in [1.165, 1.54) is 82.8 Å². The molecule has 0 aliphatic heterocycles. The highest BCUT2D eigenvalue weighted by molar-refractivity contribution is 5.67. The molecule has 0 aliphatic carbocycles. The molecule has 0 unspecified atom stereocenters. The van der Waals surface area contributed by atoms with E-state index < -0.39 is 6.09 Å².